The summed E-state index contributed by atoms with van der Waals surface area (Å²) in [6.07, 6.45) is 1.20. The van der Waals surface area contributed by atoms with Crippen molar-refractivity contribution < 1.29 is 14.3 Å². The monoisotopic (exact) mass is 339 g/mol. The fraction of sp³-hybridized carbons (Fsp3) is 0.381. The molecule has 0 atom stereocenters. The lowest BCUT2D eigenvalue weighted by molar-refractivity contribution is -0.155. The summed E-state index contributed by atoms with van der Waals surface area (Å²) < 4.78 is 10.9. The quantitative estimate of drug-likeness (QED) is 0.907. The molecule has 4 nitrogen and oxygen atoms in total. The summed E-state index contributed by atoms with van der Waals surface area (Å²) >= 11 is 0. The van der Waals surface area contributed by atoms with Crippen LogP contribution in [0.5, 0.6) is 0 Å². The third-order valence-corrected chi connectivity index (χ3v) is 4.86. The highest BCUT2D eigenvalue weighted by molar-refractivity contribution is 5.85. The predicted octanol–water partition coefficient (Wildman–Crippen LogP) is 3.47. The van der Waals surface area contributed by atoms with Gasteiger partial charge in [-0.3, -0.25) is 4.79 Å². The van der Waals surface area contributed by atoms with Crippen LogP contribution >= 0.6 is 0 Å². The highest BCUT2D eigenvalue weighted by Gasteiger charge is 2.39. The molecule has 0 saturated carbocycles. The summed E-state index contributed by atoms with van der Waals surface area (Å²) in [6, 6.07) is 16.7. The Balaban J connectivity index is 1.63. The van der Waals surface area contributed by atoms with E-state index >= 15 is 0 Å². The Hall–Kier alpha value is -2.17. The Morgan fingerprint density at radius 1 is 1.12 bits per heavy atom. The minimum absolute atomic E-state index is 0.0546. The number of ether oxygens (including phenoxy) is 2. The van der Waals surface area contributed by atoms with Gasteiger partial charge in [-0.1, -0.05) is 54.1 Å². The second kappa shape index (κ2) is 7.81. The molecule has 1 saturated heterocycles. The minimum atomic E-state index is -0.750. The van der Waals surface area contributed by atoms with Crippen molar-refractivity contribution in [1.82, 2.24) is 5.32 Å². The van der Waals surface area contributed by atoms with E-state index in [2.05, 4.69) is 60.8 Å². The third kappa shape index (κ3) is 4.09. The van der Waals surface area contributed by atoms with Crippen LogP contribution in [0.15, 0.2) is 48.5 Å². The van der Waals surface area contributed by atoms with Gasteiger partial charge in [0.05, 0.1) is 0 Å². The lowest BCUT2D eigenvalue weighted by Crippen LogP contribution is -2.51. The molecule has 0 radical (unpaired) electrons. The number of hydrogen-bond acceptors (Lipinski definition) is 3. The molecule has 2 aromatic rings. The molecule has 132 valence electrons. The van der Waals surface area contributed by atoms with Crippen LogP contribution in [0.25, 0.3) is 11.1 Å². The zero-order valence-electron chi connectivity index (χ0n) is 14.9. The van der Waals surface area contributed by atoms with E-state index in [0.29, 0.717) is 32.6 Å². The van der Waals surface area contributed by atoms with Crippen molar-refractivity contribution in [3.63, 3.8) is 0 Å². The Morgan fingerprint density at radius 2 is 1.84 bits per heavy atom. The maximum absolute atomic E-state index is 12.6. The van der Waals surface area contributed by atoms with Gasteiger partial charge in [-0.25, -0.2) is 0 Å². The van der Waals surface area contributed by atoms with Gasteiger partial charge < -0.3 is 14.8 Å². The SMILES string of the molecule is COC1(C(=O)NCc2ccc(-c3cccc(C)c3)cc2)CCOCC1. The van der Waals surface area contributed by atoms with E-state index < -0.39 is 5.60 Å². The van der Waals surface area contributed by atoms with Gasteiger partial charge in [0.1, 0.15) is 0 Å². The molecule has 0 aliphatic carbocycles. The molecule has 3 rings (SSSR count). The van der Waals surface area contributed by atoms with Crippen molar-refractivity contribution >= 4 is 5.91 Å². The van der Waals surface area contributed by atoms with Crippen molar-refractivity contribution in [2.75, 3.05) is 20.3 Å². The molecule has 0 unspecified atom stereocenters. The van der Waals surface area contributed by atoms with Gasteiger partial charge >= 0.3 is 0 Å². The van der Waals surface area contributed by atoms with Gasteiger partial charge in [-0.15, -0.1) is 0 Å². The smallest absolute Gasteiger partial charge is 0.252 e. The van der Waals surface area contributed by atoms with Crippen LogP contribution in [0.4, 0.5) is 0 Å². The van der Waals surface area contributed by atoms with Gasteiger partial charge in [-0.2, -0.15) is 0 Å². The lowest BCUT2D eigenvalue weighted by atomic mass is 9.93. The fourth-order valence-electron chi connectivity index (χ4n) is 3.21. The maximum Gasteiger partial charge on any atom is 0.252 e. The van der Waals surface area contributed by atoms with Crippen LogP contribution in [0.2, 0.25) is 0 Å². The van der Waals surface area contributed by atoms with Crippen molar-refractivity contribution in [2.24, 2.45) is 0 Å². The van der Waals surface area contributed by atoms with Crippen LogP contribution in [0.3, 0.4) is 0 Å². The summed E-state index contributed by atoms with van der Waals surface area (Å²) in [7, 11) is 1.60. The van der Waals surface area contributed by atoms with E-state index in [-0.39, 0.29) is 5.91 Å². The normalized spacial score (nSPS) is 16.4. The first-order chi connectivity index (χ1) is 12.1. The number of methoxy groups -OCH3 is 1. The second-order valence-corrected chi connectivity index (χ2v) is 6.56. The molecule has 1 aliphatic rings. The lowest BCUT2D eigenvalue weighted by Gasteiger charge is -2.34. The van der Waals surface area contributed by atoms with E-state index in [4.69, 9.17) is 9.47 Å². The zero-order valence-corrected chi connectivity index (χ0v) is 14.9. The predicted molar refractivity (Wildman–Crippen MR) is 98.3 cm³/mol. The van der Waals surface area contributed by atoms with Gasteiger partial charge in [-0.05, 0) is 23.6 Å². The Bertz CT molecular complexity index is 718. The number of carbonyl (C=O) groups is 1. The Kier molecular flexibility index (Phi) is 5.51. The van der Waals surface area contributed by atoms with Gasteiger partial charge in [0.15, 0.2) is 5.60 Å². The molecule has 4 heteroatoms. The van der Waals surface area contributed by atoms with Crippen molar-refractivity contribution in [2.45, 2.75) is 31.9 Å². The third-order valence-electron chi connectivity index (χ3n) is 4.86. The second-order valence-electron chi connectivity index (χ2n) is 6.56. The summed E-state index contributed by atoms with van der Waals surface area (Å²) in [6.45, 7) is 3.72. The van der Waals surface area contributed by atoms with Crippen LogP contribution < -0.4 is 5.32 Å². The van der Waals surface area contributed by atoms with Crippen molar-refractivity contribution in [1.29, 1.82) is 0 Å². The fourth-order valence-corrected chi connectivity index (χ4v) is 3.21. The first-order valence-corrected chi connectivity index (χ1v) is 8.70. The highest BCUT2D eigenvalue weighted by Crippen LogP contribution is 2.25. The average Bonchev–Trinajstić information content (AvgIpc) is 2.67. The number of rotatable bonds is 5. The van der Waals surface area contributed by atoms with Crippen molar-refractivity contribution in [3.8, 4) is 11.1 Å². The Labute approximate surface area is 149 Å². The molecular weight excluding hydrogens is 314 g/mol. The summed E-state index contributed by atoms with van der Waals surface area (Å²) in [5.41, 5.74) is 3.95. The van der Waals surface area contributed by atoms with Gasteiger partial charge in [0, 0.05) is 39.7 Å². The van der Waals surface area contributed by atoms with Crippen LogP contribution in [0.1, 0.15) is 24.0 Å². The van der Waals surface area contributed by atoms with Crippen molar-refractivity contribution in [3.05, 3.63) is 59.7 Å². The number of nitrogens with one attached hydrogen (secondary N) is 1. The molecule has 2 aromatic carbocycles. The molecule has 25 heavy (non-hydrogen) atoms. The van der Waals surface area contributed by atoms with E-state index in [1.165, 1.54) is 16.7 Å². The molecule has 0 bridgehead atoms. The number of amides is 1. The average molecular weight is 339 g/mol. The van der Waals surface area contributed by atoms with E-state index in [0.717, 1.165) is 5.56 Å². The van der Waals surface area contributed by atoms with E-state index in [1.54, 1.807) is 7.11 Å². The molecule has 1 N–H and O–H groups in total. The molecule has 1 aliphatic heterocycles. The molecule has 1 amide bonds. The highest BCUT2D eigenvalue weighted by atomic mass is 16.5. The topological polar surface area (TPSA) is 47.6 Å². The zero-order chi connectivity index (χ0) is 17.7. The minimum Gasteiger partial charge on any atom is -0.381 e. The molecular formula is C21H25NO3. The molecule has 0 aromatic heterocycles. The largest absolute Gasteiger partial charge is 0.381 e. The number of aryl methyl sites for hydroxylation is 1. The number of carbonyl (C=O) groups excluding carboxylic acids is 1. The van der Waals surface area contributed by atoms with Crippen LogP contribution in [0, 0.1) is 6.92 Å². The van der Waals surface area contributed by atoms with Crippen LogP contribution in [-0.2, 0) is 20.8 Å². The molecule has 1 fully saturated rings. The first-order valence-electron chi connectivity index (χ1n) is 8.70. The van der Waals surface area contributed by atoms with Gasteiger partial charge in [0.2, 0.25) is 0 Å². The summed E-state index contributed by atoms with van der Waals surface area (Å²) in [4.78, 5) is 12.6. The molecule has 1 heterocycles. The molecule has 0 spiro atoms. The number of hydrogen-bond donors (Lipinski definition) is 1. The Morgan fingerprint density at radius 3 is 2.48 bits per heavy atom. The van der Waals surface area contributed by atoms with E-state index in [1.807, 2.05) is 0 Å². The first kappa shape index (κ1) is 17.6. The summed E-state index contributed by atoms with van der Waals surface area (Å²) in [5, 5.41) is 3.01. The van der Waals surface area contributed by atoms with Gasteiger partial charge in [0.25, 0.3) is 5.91 Å². The van der Waals surface area contributed by atoms with E-state index in [9.17, 15) is 4.79 Å². The maximum atomic E-state index is 12.6. The summed E-state index contributed by atoms with van der Waals surface area (Å²) in [5.74, 6) is -0.0546. The standard InChI is InChI=1S/C21H25NO3/c1-16-4-3-5-19(14-16)18-8-6-17(7-9-18)15-22-20(23)21(24-2)10-12-25-13-11-21/h3-9,14H,10-13,15H2,1-2H3,(H,22,23). The van der Waals surface area contributed by atoms with Crippen LogP contribution in [-0.4, -0.2) is 31.8 Å². The number of benzene rings is 2.